The van der Waals surface area contributed by atoms with E-state index in [0.717, 1.165) is 35.3 Å². The van der Waals surface area contributed by atoms with Gasteiger partial charge in [0.05, 0.1) is 10.0 Å². The molecule has 0 amide bonds. The van der Waals surface area contributed by atoms with Gasteiger partial charge in [-0.1, -0.05) is 48.0 Å². The summed E-state index contributed by atoms with van der Waals surface area (Å²) in [7, 11) is 0. The van der Waals surface area contributed by atoms with Crippen LogP contribution >= 0.6 is 35.0 Å². The van der Waals surface area contributed by atoms with Crippen molar-refractivity contribution in [3.8, 4) is 0 Å². The molecule has 1 heterocycles. The molecule has 21 heavy (non-hydrogen) atoms. The number of hydrogen-bond donors (Lipinski definition) is 0. The normalized spacial score (nSPS) is 14.6. The highest BCUT2D eigenvalue weighted by Gasteiger charge is 2.30. The predicted molar refractivity (Wildman–Crippen MR) is 88.3 cm³/mol. The first-order chi connectivity index (χ1) is 10.2. The average molecular weight is 342 g/mol. The summed E-state index contributed by atoms with van der Waals surface area (Å²) in [6, 6.07) is 5.76. The fraction of sp³-hybridized carbons (Fsp3) is 0.467. The van der Waals surface area contributed by atoms with E-state index in [9.17, 15) is 0 Å². The third-order valence-corrected chi connectivity index (χ3v) is 5.26. The number of halogens is 2. The van der Waals surface area contributed by atoms with Gasteiger partial charge in [-0.05, 0) is 37.0 Å². The lowest BCUT2D eigenvalue weighted by atomic mass is 10.2. The van der Waals surface area contributed by atoms with Crippen LogP contribution in [0.25, 0.3) is 0 Å². The van der Waals surface area contributed by atoms with E-state index in [2.05, 4.69) is 21.7 Å². The molecule has 1 aromatic heterocycles. The molecule has 112 valence electrons. The summed E-state index contributed by atoms with van der Waals surface area (Å²) in [5.74, 6) is 2.61. The molecule has 0 saturated heterocycles. The monoisotopic (exact) mass is 341 g/mol. The molecular formula is C15H17Cl2N3S. The van der Waals surface area contributed by atoms with Crippen LogP contribution in [0.5, 0.6) is 0 Å². The number of hydrogen-bond acceptors (Lipinski definition) is 3. The van der Waals surface area contributed by atoms with Gasteiger partial charge in [-0.15, -0.1) is 10.2 Å². The molecule has 0 unspecified atom stereocenters. The van der Waals surface area contributed by atoms with Gasteiger partial charge in [0.1, 0.15) is 5.82 Å². The number of benzene rings is 1. The van der Waals surface area contributed by atoms with Gasteiger partial charge in [-0.25, -0.2) is 0 Å². The summed E-state index contributed by atoms with van der Waals surface area (Å²) in [5.41, 5.74) is 1.15. The first-order valence-electron chi connectivity index (χ1n) is 7.19. The molecule has 1 aliphatic rings. The van der Waals surface area contributed by atoms with Crippen LogP contribution < -0.4 is 0 Å². The van der Waals surface area contributed by atoms with E-state index >= 15 is 0 Å². The Bertz CT molecular complexity index is 638. The summed E-state index contributed by atoms with van der Waals surface area (Å²) >= 11 is 13.7. The largest absolute Gasteiger partial charge is 0.306 e. The molecule has 0 N–H and O–H groups in total. The minimum atomic E-state index is 0.593. The molecular weight excluding hydrogens is 325 g/mol. The molecule has 0 radical (unpaired) electrons. The SMILES string of the molecule is CCCn1c(SCc2ccc(Cl)c(Cl)c2)nnc1C1CC1. The standard InChI is InChI=1S/C15H17Cl2N3S/c1-2-7-20-14(11-4-5-11)18-19-15(20)21-9-10-3-6-12(16)13(17)8-10/h3,6,8,11H,2,4-5,7,9H2,1H3. The van der Waals surface area contributed by atoms with Gasteiger partial charge in [-0.3, -0.25) is 0 Å². The molecule has 1 aromatic carbocycles. The van der Waals surface area contributed by atoms with Crippen molar-refractivity contribution in [2.75, 3.05) is 0 Å². The summed E-state index contributed by atoms with van der Waals surface area (Å²) in [5, 5.41) is 11.0. The fourth-order valence-electron chi connectivity index (χ4n) is 2.26. The lowest BCUT2D eigenvalue weighted by molar-refractivity contribution is 0.592. The van der Waals surface area contributed by atoms with Gasteiger partial charge in [0, 0.05) is 18.2 Å². The molecule has 1 fully saturated rings. The van der Waals surface area contributed by atoms with Crippen molar-refractivity contribution in [3.63, 3.8) is 0 Å². The van der Waals surface area contributed by atoms with Crippen LogP contribution in [0.2, 0.25) is 10.0 Å². The second-order valence-electron chi connectivity index (χ2n) is 5.30. The molecule has 0 bridgehead atoms. The number of nitrogens with zero attached hydrogens (tertiary/aromatic N) is 3. The molecule has 0 spiro atoms. The first kappa shape index (κ1) is 15.2. The van der Waals surface area contributed by atoms with Crippen molar-refractivity contribution in [3.05, 3.63) is 39.6 Å². The van der Waals surface area contributed by atoms with Crippen molar-refractivity contribution >= 4 is 35.0 Å². The number of aromatic nitrogens is 3. The number of thioether (sulfide) groups is 1. The van der Waals surface area contributed by atoms with Crippen LogP contribution in [0.3, 0.4) is 0 Å². The minimum Gasteiger partial charge on any atom is -0.306 e. The summed E-state index contributed by atoms with van der Waals surface area (Å²) in [6.07, 6.45) is 3.59. The van der Waals surface area contributed by atoms with E-state index in [1.807, 2.05) is 18.2 Å². The highest BCUT2D eigenvalue weighted by molar-refractivity contribution is 7.98. The molecule has 0 aliphatic heterocycles. The zero-order valence-electron chi connectivity index (χ0n) is 11.9. The summed E-state index contributed by atoms with van der Waals surface area (Å²) in [6.45, 7) is 3.17. The topological polar surface area (TPSA) is 30.7 Å². The van der Waals surface area contributed by atoms with Crippen LogP contribution in [0.15, 0.2) is 23.4 Å². The Hall–Kier alpha value is -0.710. The molecule has 6 heteroatoms. The van der Waals surface area contributed by atoms with Crippen molar-refractivity contribution < 1.29 is 0 Å². The van der Waals surface area contributed by atoms with E-state index in [4.69, 9.17) is 23.2 Å². The Morgan fingerprint density at radius 3 is 2.71 bits per heavy atom. The Balaban J connectivity index is 1.73. The maximum atomic E-state index is 6.06. The lowest BCUT2D eigenvalue weighted by Crippen LogP contribution is -2.03. The predicted octanol–water partition coefficient (Wildman–Crippen LogP) is 5.16. The highest BCUT2D eigenvalue weighted by Crippen LogP contribution is 2.40. The maximum Gasteiger partial charge on any atom is 0.191 e. The number of rotatable bonds is 6. The van der Waals surface area contributed by atoms with Crippen LogP contribution in [-0.4, -0.2) is 14.8 Å². The smallest absolute Gasteiger partial charge is 0.191 e. The Morgan fingerprint density at radius 1 is 1.24 bits per heavy atom. The van der Waals surface area contributed by atoms with Gasteiger partial charge in [0.15, 0.2) is 5.16 Å². The van der Waals surface area contributed by atoms with Crippen LogP contribution in [0, 0.1) is 0 Å². The molecule has 2 aromatic rings. The van der Waals surface area contributed by atoms with Crippen LogP contribution in [-0.2, 0) is 12.3 Å². The minimum absolute atomic E-state index is 0.593. The van der Waals surface area contributed by atoms with E-state index in [-0.39, 0.29) is 0 Å². The quantitative estimate of drug-likeness (QED) is 0.679. The third kappa shape index (κ3) is 3.55. The fourth-order valence-corrected chi connectivity index (χ4v) is 3.50. The van der Waals surface area contributed by atoms with Crippen molar-refractivity contribution in [2.24, 2.45) is 0 Å². The van der Waals surface area contributed by atoms with E-state index in [1.54, 1.807) is 11.8 Å². The molecule has 3 rings (SSSR count). The molecule has 0 atom stereocenters. The first-order valence-corrected chi connectivity index (χ1v) is 8.93. The van der Waals surface area contributed by atoms with Crippen LogP contribution in [0.4, 0.5) is 0 Å². The summed E-state index contributed by atoms with van der Waals surface area (Å²) in [4.78, 5) is 0. The molecule has 1 saturated carbocycles. The van der Waals surface area contributed by atoms with Crippen LogP contribution in [0.1, 0.15) is 43.5 Å². The Morgan fingerprint density at radius 2 is 2.05 bits per heavy atom. The van der Waals surface area contributed by atoms with Crippen molar-refractivity contribution in [2.45, 2.75) is 49.6 Å². The van der Waals surface area contributed by atoms with Gasteiger partial charge < -0.3 is 4.57 Å². The second-order valence-corrected chi connectivity index (χ2v) is 7.06. The van der Waals surface area contributed by atoms with Gasteiger partial charge >= 0.3 is 0 Å². The average Bonchev–Trinajstić information content (AvgIpc) is 3.24. The zero-order valence-corrected chi connectivity index (χ0v) is 14.2. The molecule has 1 aliphatic carbocycles. The van der Waals surface area contributed by atoms with Gasteiger partial charge in [-0.2, -0.15) is 0 Å². The second kappa shape index (κ2) is 6.59. The summed E-state index contributed by atoms with van der Waals surface area (Å²) < 4.78 is 2.28. The van der Waals surface area contributed by atoms with Gasteiger partial charge in [0.25, 0.3) is 0 Å². The Kier molecular flexibility index (Phi) is 4.77. The van der Waals surface area contributed by atoms with E-state index in [0.29, 0.717) is 16.0 Å². The zero-order chi connectivity index (χ0) is 14.8. The van der Waals surface area contributed by atoms with Crippen molar-refractivity contribution in [1.82, 2.24) is 14.8 Å². The molecule has 3 nitrogen and oxygen atoms in total. The van der Waals surface area contributed by atoms with Crippen molar-refractivity contribution in [1.29, 1.82) is 0 Å². The van der Waals surface area contributed by atoms with E-state index < -0.39 is 0 Å². The Labute approximate surface area is 139 Å². The third-order valence-electron chi connectivity index (χ3n) is 3.49. The van der Waals surface area contributed by atoms with E-state index in [1.165, 1.54) is 12.8 Å². The van der Waals surface area contributed by atoms with Gasteiger partial charge in [0.2, 0.25) is 0 Å². The lowest BCUT2D eigenvalue weighted by Gasteiger charge is -2.08. The maximum absolute atomic E-state index is 6.06. The highest BCUT2D eigenvalue weighted by atomic mass is 35.5.